The van der Waals surface area contributed by atoms with Gasteiger partial charge in [-0.3, -0.25) is 4.79 Å². The fourth-order valence-electron chi connectivity index (χ4n) is 4.92. The van der Waals surface area contributed by atoms with Crippen molar-refractivity contribution < 1.29 is 43.2 Å². The van der Waals surface area contributed by atoms with Crippen LogP contribution in [0.4, 0.5) is 0 Å². The molecule has 228 valence electrons. The number of methoxy groups -OCH3 is 1. The second-order valence-electron chi connectivity index (χ2n) is 11.0. The van der Waals surface area contributed by atoms with Crippen molar-refractivity contribution in [2.24, 2.45) is 0 Å². The summed E-state index contributed by atoms with van der Waals surface area (Å²) < 4.78 is 28.8. The third kappa shape index (κ3) is 6.14. The van der Waals surface area contributed by atoms with E-state index in [2.05, 4.69) is 10.3 Å². The van der Waals surface area contributed by atoms with Crippen LogP contribution < -0.4 is 15.7 Å². The number of fused-ring (bicyclic) bond motifs is 1. The molecule has 13 heteroatoms. The molecule has 1 aliphatic rings. The number of aromatic amines is 1. The number of aliphatic hydroxyl groups excluding tert-OH is 1. The molecule has 4 atom stereocenters. The van der Waals surface area contributed by atoms with Crippen LogP contribution in [0.5, 0.6) is 11.5 Å². The van der Waals surface area contributed by atoms with Crippen LogP contribution >= 0.6 is 0 Å². The zero-order chi connectivity index (χ0) is 30.9. The monoisotopic (exact) mass is 587 g/mol. The van der Waals surface area contributed by atoms with Crippen LogP contribution in [0.3, 0.4) is 0 Å². The van der Waals surface area contributed by atoms with Crippen LogP contribution in [0.25, 0.3) is 11.0 Å². The number of esters is 1. The number of carbonyl (C=O) groups is 2. The number of aryl methyl sites for hydroxylation is 2. The number of carbonyl (C=O) groups excluding carboxylic acids is 2. The Labute approximate surface area is 242 Å². The van der Waals surface area contributed by atoms with Gasteiger partial charge in [-0.1, -0.05) is 0 Å². The Morgan fingerprint density at radius 2 is 1.88 bits per heavy atom. The first-order valence-electron chi connectivity index (χ1n) is 13.4. The van der Waals surface area contributed by atoms with Crippen LogP contribution in [0.1, 0.15) is 46.0 Å². The lowest BCUT2D eigenvalue weighted by molar-refractivity contribution is -0.305. The number of benzene rings is 1. The highest BCUT2D eigenvalue weighted by Gasteiger charge is 2.53. The van der Waals surface area contributed by atoms with Gasteiger partial charge in [0.1, 0.15) is 28.9 Å². The number of likely N-dealkylation sites (N-methyl/N-ethyl adjacent to an activating group) is 1. The molecule has 1 aliphatic heterocycles. The van der Waals surface area contributed by atoms with Crippen LogP contribution in [0.15, 0.2) is 33.5 Å². The summed E-state index contributed by atoms with van der Waals surface area (Å²) in [6, 6.07) is 6.21. The molecule has 4 rings (SSSR count). The minimum atomic E-state index is -1.48. The van der Waals surface area contributed by atoms with E-state index in [9.17, 15) is 24.6 Å². The number of nitrogens with zero attached hydrogens (tertiary/aromatic N) is 1. The molecule has 2 aromatic heterocycles. The molecular formula is C29H37N3O10. The van der Waals surface area contributed by atoms with Gasteiger partial charge in [-0.25, -0.2) is 9.59 Å². The van der Waals surface area contributed by atoms with Gasteiger partial charge in [0.25, 0.3) is 5.91 Å². The minimum Gasteiger partial charge on any atom is -0.506 e. The van der Waals surface area contributed by atoms with Gasteiger partial charge in [0.2, 0.25) is 6.29 Å². The summed E-state index contributed by atoms with van der Waals surface area (Å²) in [4.78, 5) is 42.9. The number of rotatable bonds is 9. The van der Waals surface area contributed by atoms with Gasteiger partial charge in [-0.2, -0.15) is 0 Å². The van der Waals surface area contributed by atoms with E-state index in [1.54, 1.807) is 39.8 Å². The van der Waals surface area contributed by atoms with E-state index < -0.39 is 59.0 Å². The van der Waals surface area contributed by atoms with Gasteiger partial charge in [0.05, 0.1) is 11.0 Å². The Hall–Kier alpha value is -3.91. The van der Waals surface area contributed by atoms with E-state index in [1.807, 2.05) is 19.0 Å². The van der Waals surface area contributed by atoms with Crippen molar-refractivity contribution in [2.75, 3.05) is 34.3 Å². The number of nitrogens with one attached hydrogen (secondary N) is 2. The maximum atomic E-state index is 12.8. The summed E-state index contributed by atoms with van der Waals surface area (Å²) in [7, 11) is 5.09. The van der Waals surface area contributed by atoms with Crippen molar-refractivity contribution in [3.63, 3.8) is 0 Å². The normalized spacial score (nSPS) is 21.8. The van der Waals surface area contributed by atoms with Crippen LogP contribution in [0.2, 0.25) is 0 Å². The molecule has 0 spiro atoms. The molecule has 0 bridgehead atoms. The molecule has 1 fully saturated rings. The molecule has 1 aromatic carbocycles. The molecular weight excluding hydrogens is 550 g/mol. The second-order valence-corrected chi connectivity index (χ2v) is 11.0. The van der Waals surface area contributed by atoms with Gasteiger partial charge >= 0.3 is 11.6 Å². The lowest BCUT2D eigenvalue weighted by Gasteiger charge is -2.47. The topological polar surface area (TPSA) is 173 Å². The predicted molar refractivity (Wildman–Crippen MR) is 151 cm³/mol. The summed E-state index contributed by atoms with van der Waals surface area (Å²) in [5.74, 6) is -1.81. The van der Waals surface area contributed by atoms with E-state index in [0.29, 0.717) is 12.1 Å². The zero-order valence-electron chi connectivity index (χ0n) is 24.6. The zero-order valence-corrected chi connectivity index (χ0v) is 24.6. The van der Waals surface area contributed by atoms with Crippen molar-refractivity contribution in [3.05, 3.63) is 57.2 Å². The molecule has 13 nitrogen and oxygen atoms in total. The van der Waals surface area contributed by atoms with E-state index in [4.69, 9.17) is 23.4 Å². The van der Waals surface area contributed by atoms with Crippen LogP contribution in [-0.4, -0.2) is 96.5 Å². The average Bonchev–Trinajstić information content (AvgIpc) is 3.34. The number of H-pyrrole nitrogens is 1. The number of hydrogen-bond acceptors (Lipinski definition) is 11. The van der Waals surface area contributed by atoms with Crippen molar-refractivity contribution in [3.8, 4) is 11.5 Å². The maximum absolute atomic E-state index is 12.8. The quantitative estimate of drug-likeness (QED) is 0.213. The first kappa shape index (κ1) is 31.0. The first-order chi connectivity index (χ1) is 19.7. The Bertz CT molecular complexity index is 1530. The van der Waals surface area contributed by atoms with Crippen LogP contribution in [0, 0.1) is 13.8 Å². The molecule has 42 heavy (non-hydrogen) atoms. The van der Waals surface area contributed by atoms with E-state index >= 15 is 0 Å². The van der Waals surface area contributed by atoms with E-state index in [-0.39, 0.29) is 29.0 Å². The number of hydrogen-bond donors (Lipinski definition) is 4. The number of amides is 1. The van der Waals surface area contributed by atoms with Gasteiger partial charge in [0, 0.05) is 31.5 Å². The number of aromatic hydroxyl groups is 1. The third-order valence-corrected chi connectivity index (χ3v) is 7.13. The first-order valence-corrected chi connectivity index (χ1v) is 13.4. The summed E-state index contributed by atoms with van der Waals surface area (Å²) in [5, 5.41) is 24.8. The minimum absolute atomic E-state index is 0.00994. The largest absolute Gasteiger partial charge is 0.506 e. The Balaban J connectivity index is 1.62. The summed E-state index contributed by atoms with van der Waals surface area (Å²) in [6.45, 7) is 7.59. The standard InChI is InChI=1S/C29H37N3O10/c1-14-8-10-17(31-14)26(36)41-23-21(34)28(42-29(3,4)24(23)38-7)39-18-11-9-16-20(33)19(25(35)30-12-13-32(5)6)27(37)40-22(16)15(18)2/h8-11,21,23-24,28,31,33-34H,12-13H2,1-7H3,(H,30,35)/t21-,23+,24-,28-/m1/s1. The molecule has 3 heterocycles. The molecule has 1 amide bonds. The number of aliphatic hydroxyl groups is 1. The van der Waals surface area contributed by atoms with Gasteiger partial charge in [-0.05, 0) is 66.1 Å². The summed E-state index contributed by atoms with van der Waals surface area (Å²) in [5.41, 5.74) is -1.33. The lowest BCUT2D eigenvalue weighted by Crippen LogP contribution is -2.65. The molecule has 0 aliphatic carbocycles. The third-order valence-electron chi connectivity index (χ3n) is 7.13. The van der Waals surface area contributed by atoms with Crippen molar-refractivity contribution in [1.29, 1.82) is 0 Å². The average molecular weight is 588 g/mol. The predicted octanol–water partition coefficient (Wildman–Crippen LogP) is 1.85. The van der Waals surface area contributed by atoms with E-state index in [1.165, 1.54) is 19.2 Å². The second kappa shape index (κ2) is 12.1. The Morgan fingerprint density at radius 3 is 2.50 bits per heavy atom. The van der Waals surface area contributed by atoms with Crippen molar-refractivity contribution in [1.82, 2.24) is 15.2 Å². The molecule has 0 unspecified atom stereocenters. The molecule has 1 saturated heterocycles. The summed E-state index contributed by atoms with van der Waals surface area (Å²) >= 11 is 0. The molecule has 0 radical (unpaired) electrons. The fourth-order valence-corrected chi connectivity index (χ4v) is 4.92. The molecule has 0 saturated carbocycles. The number of ether oxygens (including phenoxy) is 4. The van der Waals surface area contributed by atoms with E-state index in [0.717, 1.165) is 5.69 Å². The number of aromatic nitrogens is 1. The highest BCUT2D eigenvalue weighted by atomic mass is 16.7. The van der Waals surface area contributed by atoms with Crippen LogP contribution in [-0.2, 0) is 14.2 Å². The van der Waals surface area contributed by atoms with Gasteiger partial charge in [-0.15, -0.1) is 0 Å². The highest BCUT2D eigenvalue weighted by Crippen LogP contribution is 2.37. The Morgan fingerprint density at radius 1 is 1.17 bits per heavy atom. The smallest absolute Gasteiger partial charge is 0.355 e. The Kier molecular flexibility index (Phi) is 8.97. The maximum Gasteiger partial charge on any atom is 0.355 e. The highest BCUT2D eigenvalue weighted by molar-refractivity contribution is 6.02. The van der Waals surface area contributed by atoms with Gasteiger partial charge in [0.15, 0.2) is 17.8 Å². The fraction of sp³-hybridized carbons (Fsp3) is 0.483. The summed E-state index contributed by atoms with van der Waals surface area (Å²) in [6.07, 6.45) is -4.82. The van der Waals surface area contributed by atoms with Gasteiger partial charge < -0.3 is 48.8 Å². The SMILES string of the molecule is CO[C@@H]1[C@@H](OC(=O)c2ccc(C)[nH]2)[C@@H](O)[C@H](Oc2ccc3c(O)c(C(=O)NCCN(C)C)c(=O)oc3c2C)OC1(C)C. The molecule has 3 aromatic rings. The lowest BCUT2D eigenvalue weighted by atomic mass is 9.89. The van der Waals surface area contributed by atoms with Crippen molar-refractivity contribution >= 4 is 22.8 Å². The molecule has 4 N–H and O–H groups in total. The van der Waals surface area contributed by atoms with Crippen molar-refractivity contribution in [2.45, 2.75) is 57.9 Å².